The van der Waals surface area contributed by atoms with Gasteiger partial charge >= 0.3 is 5.97 Å². The van der Waals surface area contributed by atoms with E-state index in [4.69, 9.17) is 4.74 Å². The second kappa shape index (κ2) is 40.6. The second-order valence-electron chi connectivity index (χ2n) is 15.7. The van der Waals surface area contributed by atoms with Gasteiger partial charge in [0.05, 0.1) is 12.5 Å². The highest BCUT2D eigenvalue weighted by atomic mass is 32.2. The van der Waals surface area contributed by atoms with Gasteiger partial charge in [-0.15, -0.1) is 0 Å². The van der Waals surface area contributed by atoms with E-state index in [1.165, 1.54) is 148 Å². The summed E-state index contributed by atoms with van der Waals surface area (Å²) in [7, 11) is 0. The van der Waals surface area contributed by atoms with E-state index in [9.17, 15) is 14.7 Å². The fourth-order valence-corrected chi connectivity index (χ4v) is 7.90. The van der Waals surface area contributed by atoms with Gasteiger partial charge in [0.25, 0.3) is 0 Å². The largest absolute Gasteiger partial charge is 0.462 e. The number of thioether (sulfide) groups is 1. The lowest BCUT2D eigenvalue weighted by Gasteiger charge is -2.21. The number of esters is 1. The van der Waals surface area contributed by atoms with Gasteiger partial charge in [0, 0.05) is 18.7 Å². The molecule has 1 atom stereocenters. The first-order chi connectivity index (χ1) is 25.0. The molecule has 6 heteroatoms. The molecule has 0 aromatic rings. The Bertz CT molecular complexity index is 719. The smallest absolute Gasteiger partial charge is 0.308 e. The van der Waals surface area contributed by atoms with Gasteiger partial charge in [0.2, 0.25) is 0 Å². The summed E-state index contributed by atoms with van der Waals surface area (Å²) in [6.07, 6.45) is 38.7. The summed E-state index contributed by atoms with van der Waals surface area (Å²) in [6.45, 7) is 11.9. The van der Waals surface area contributed by atoms with E-state index >= 15 is 0 Å². The summed E-state index contributed by atoms with van der Waals surface area (Å²) >= 11 is 1.56. The van der Waals surface area contributed by atoms with Gasteiger partial charge in [-0.25, -0.2) is 0 Å². The zero-order valence-corrected chi connectivity index (χ0v) is 35.7. The van der Waals surface area contributed by atoms with Crippen LogP contribution in [0.25, 0.3) is 0 Å². The first-order valence-electron chi connectivity index (χ1n) is 22.7. The molecule has 1 N–H and O–H groups in total. The molecule has 0 aromatic carbocycles. The van der Waals surface area contributed by atoms with Crippen molar-refractivity contribution >= 4 is 22.8 Å². The molecule has 0 heterocycles. The summed E-state index contributed by atoms with van der Waals surface area (Å²) in [5.74, 6) is 1.01. The topological polar surface area (TPSA) is 66.8 Å². The van der Waals surface area contributed by atoms with E-state index in [0.717, 1.165) is 83.2 Å². The number of hydrogen-bond donors (Lipinski definition) is 1. The van der Waals surface area contributed by atoms with Crippen LogP contribution in [0.1, 0.15) is 233 Å². The first kappa shape index (κ1) is 50.4. The predicted molar refractivity (Wildman–Crippen MR) is 225 cm³/mol. The van der Waals surface area contributed by atoms with Crippen molar-refractivity contribution in [1.82, 2.24) is 4.90 Å². The van der Waals surface area contributed by atoms with E-state index < -0.39 is 0 Å². The molecule has 0 aliphatic carbocycles. The third-order valence-electron chi connectivity index (χ3n) is 10.6. The van der Waals surface area contributed by atoms with Crippen LogP contribution >= 0.6 is 11.8 Å². The van der Waals surface area contributed by atoms with Crippen LogP contribution in [0.2, 0.25) is 0 Å². The number of aliphatic hydroxyl groups excluding tert-OH is 1. The Balaban J connectivity index is 4.06. The summed E-state index contributed by atoms with van der Waals surface area (Å²) in [4.78, 5) is 27.6. The summed E-state index contributed by atoms with van der Waals surface area (Å²) in [5.41, 5.74) is 0. The van der Waals surface area contributed by atoms with E-state index in [2.05, 4.69) is 32.6 Å². The molecule has 0 aromatic heterocycles. The molecule has 5 nitrogen and oxygen atoms in total. The maximum atomic E-state index is 13.0. The molecule has 0 amide bonds. The standard InChI is InChI=1S/C45H89NO4S/c1-5-8-11-14-17-25-32-41-51-44(48)36-29-21-18-23-30-37-46(39-40-47)38-31-24-22-26-33-42(4)45(49)50-43(34-27-19-15-12-9-6-2)35-28-20-16-13-10-7-3/h42-43,47H,5-41H2,1-4H3. The Kier molecular flexibility index (Phi) is 40.1. The number of rotatable bonds is 41. The number of carbonyl (C=O) groups excluding carboxylic acids is 2. The van der Waals surface area contributed by atoms with Crippen LogP contribution in [-0.4, -0.2) is 59.2 Å². The Labute approximate surface area is 323 Å². The summed E-state index contributed by atoms with van der Waals surface area (Å²) < 4.78 is 6.13. The number of carbonyl (C=O) groups is 2. The van der Waals surface area contributed by atoms with Crippen LogP contribution < -0.4 is 0 Å². The summed E-state index contributed by atoms with van der Waals surface area (Å²) in [5, 5.41) is 9.96. The van der Waals surface area contributed by atoms with Crippen LogP contribution in [0.15, 0.2) is 0 Å². The highest BCUT2D eigenvalue weighted by Gasteiger charge is 2.19. The fraction of sp³-hybridized carbons (Fsp3) is 0.956. The van der Waals surface area contributed by atoms with Crippen molar-refractivity contribution in [3.8, 4) is 0 Å². The van der Waals surface area contributed by atoms with Gasteiger partial charge in [-0.2, -0.15) is 0 Å². The van der Waals surface area contributed by atoms with Crippen molar-refractivity contribution in [2.75, 3.05) is 32.0 Å². The maximum Gasteiger partial charge on any atom is 0.308 e. The van der Waals surface area contributed by atoms with Gasteiger partial charge in [0.15, 0.2) is 5.12 Å². The van der Waals surface area contributed by atoms with E-state index in [1.807, 2.05) is 0 Å². The molecule has 1 unspecified atom stereocenters. The lowest BCUT2D eigenvalue weighted by molar-refractivity contribution is -0.154. The lowest BCUT2D eigenvalue weighted by atomic mass is 10.0. The molecule has 0 saturated carbocycles. The maximum absolute atomic E-state index is 13.0. The van der Waals surface area contributed by atoms with Crippen molar-refractivity contribution in [2.45, 2.75) is 239 Å². The highest BCUT2D eigenvalue weighted by Crippen LogP contribution is 2.21. The SMILES string of the molecule is CCCCCCCCCSC(=O)CCCCCCCN(CCO)CCCCCCC(C)C(=O)OC(CCCCCCCC)CCCCCCCC. The minimum absolute atomic E-state index is 0.0146. The molecule has 0 fully saturated rings. The van der Waals surface area contributed by atoms with Gasteiger partial charge < -0.3 is 14.7 Å². The first-order valence-corrected chi connectivity index (χ1v) is 23.7. The Morgan fingerprint density at radius 2 is 0.941 bits per heavy atom. The Hall–Kier alpha value is -0.590. The van der Waals surface area contributed by atoms with Gasteiger partial charge in [0.1, 0.15) is 6.10 Å². The van der Waals surface area contributed by atoms with Crippen LogP contribution in [0.3, 0.4) is 0 Å². The quantitative estimate of drug-likeness (QED) is 0.0497. The van der Waals surface area contributed by atoms with Gasteiger partial charge in [-0.05, 0) is 70.9 Å². The highest BCUT2D eigenvalue weighted by molar-refractivity contribution is 8.13. The van der Waals surface area contributed by atoms with Crippen molar-refractivity contribution < 1.29 is 19.4 Å². The number of aliphatic hydroxyl groups is 1. The van der Waals surface area contributed by atoms with Crippen LogP contribution in [0.4, 0.5) is 0 Å². The zero-order valence-electron chi connectivity index (χ0n) is 34.8. The van der Waals surface area contributed by atoms with E-state index in [-0.39, 0.29) is 24.6 Å². The minimum Gasteiger partial charge on any atom is -0.462 e. The average Bonchev–Trinajstić information content (AvgIpc) is 3.12. The number of hydrogen-bond acceptors (Lipinski definition) is 6. The van der Waals surface area contributed by atoms with Crippen molar-refractivity contribution in [1.29, 1.82) is 0 Å². The van der Waals surface area contributed by atoms with Crippen molar-refractivity contribution in [2.24, 2.45) is 5.92 Å². The average molecular weight is 740 g/mol. The van der Waals surface area contributed by atoms with E-state index in [0.29, 0.717) is 5.12 Å². The predicted octanol–water partition coefficient (Wildman–Crippen LogP) is 13.6. The van der Waals surface area contributed by atoms with Crippen molar-refractivity contribution in [3.63, 3.8) is 0 Å². The third kappa shape index (κ3) is 36.2. The van der Waals surface area contributed by atoms with E-state index in [1.54, 1.807) is 11.8 Å². The Morgan fingerprint density at radius 1 is 0.529 bits per heavy atom. The number of ether oxygens (including phenoxy) is 1. The molecule has 0 bridgehead atoms. The lowest BCUT2D eigenvalue weighted by Crippen LogP contribution is -2.29. The molecule has 51 heavy (non-hydrogen) atoms. The molecule has 0 saturated heterocycles. The number of nitrogens with zero attached hydrogens (tertiary/aromatic N) is 1. The Morgan fingerprint density at radius 3 is 1.43 bits per heavy atom. The molecular weight excluding hydrogens is 651 g/mol. The second-order valence-corrected chi connectivity index (χ2v) is 16.9. The minimum atomic E-state index is -0.0146. The molecule has 0 spiro atoms. The van der Waals surface area contributed by atoms with Crippen molar-refractivity contribution in [3.05, 3.63) is 0 Å². The van der Waals surface area contributed by atoms with Gasteiger partial charge in [-0.3, -0.25) is 9.59 Å². The zero-order chi connectivity index (χ0) is 37.5. The normalized spacial score (nSPS) is 12.3. The van der Waals surface area contributed by atoms with Crippen LogP contribution in [0.5, 0.6) is 0 Å². The van der Waals surface area contributed by atoms with Gasteiger partial charge in [-0.1, -0.05) is 181 Å². The summed E-state index contributed by atoms with van der Waals surface area (Å²) in [6, 6.07) is 0. The molecule has 0 aliphatic rings. The molecular formula is C45H89NO4S. The third-order valence-corrected chi connectivity index (χ3v) is 11.6. The fourth-order valence-electron chi connectivity index (χ4n) is 7.03. The molecule has 0 aliphatic heterocycles. The number of unbranched alkanes of at least 4 members (excludes halogenated alkanes) is 23. The molecule has 0 rings (SSSR count). The molecule has 304 valence electrons. The van der Waals surface area contributed by atoms with Crippen LogP contribution in [0, 0.1) is 5.92 Å². The van der Waals surface area contributed by atoms with Crippen LogP contribution in [-0.2, 0) is 14.3 Å². The molecule has 0 radical (unpaired) electrons. The monoisotopic (exact) mass is 740 g/mol.